The molecule has 0 spiro atoms. The summed E-state index contributed by atoms with van der Waals surface area (Å²) >= 11 is 0. The second-order valence-corrected chi connectivity index (χ2v) is 9.16. The van der Waals surface area contributed by atoms with Gasteiger partial charge in [0.2, 0.25) is 5.91 Å². The molecule has 0 radical (unpaired) electrons. The van der Waals surface area contributed by atoms with E-state index in [1.807, 2.05) is 53.4 Å². The van der Waals surface area contributed by atoms with E-state index in [-0.39, 0.29) is 11.9 Å². The Labute approximate surface area is 203 Å². The molecule has 0 fully saturated rings. The quantitative estimate of drug-likeness (QED) is 0.362. The van der Waals surface area contributed by atoms with Crippen LogP contribution < -0.4 is 14.8 Å². The van der Waals surface area contributed by atoms with E-state index in [1.54, 1.807) is 20.4 Å². The molecule has 6 nitrogen and oxygen atoms in total. The summed E-state index contributed by atoms with van der Waals surface area (Å²) in [6, 6.07) is 16.1. The maximum absolute atomic E-state index is 13.0. The third-order valence-electron chi connectivity index (χ3n) is 5.87. The number of amides is 1. The van der Waals surface area contributed by atoms with Gasteiger partial charge in [0, 0.05) is 48.8 Å². The Hall–Kier alpha value is -3.28. The zero-order valence-corrected chi connectivity index (χ0v) is 21.0. The molecule has 0 saturated heterocycles. The number of aromatic nitrogens is 1. The van der Waals surface area contributed by atoms with Gasteiger partial charge in [0.1, 0.15) is 11.5 Å². The second-order valence-electron chi connectivity index (χ2n) is 9.16. The summed E-state index contributed by atoms with van der Waals surface area (Å²) in [6.45, 7) is 7.58. The maximum Gasteiger partial charge on any atom is 0.223 e. The molecule has 182 valence electrons. The number of methoxy groups -OCH3 is 2. The number of nitrogens with zero attached hydrogens (tertiary/aromatic N) is 2. The van der Waals surface area contributed by atoms with E-state index in [2.05, 4.69) is 31.1 Å². The lowest BCUT2D eigenvalue weighted by Crippen LogP contribution is -2.33. The Balaban J connectivity index is 1.65. The smallest absolute Gasteiger partial charge is 0.223 e. The molecule has 1 amide bonds. The highest BCUT2D eigenvalue weighted by Crippen LogP contribution is 2.28. The third kappa shape index (κ3) is 6.86. The van der Waals surface area contributed by atoms with Gasteiger partial charge in [0.05, 0.1) is 25.4 Å². The minimum Gasteiger partial charge on any atom is -0.497 e. The molecule has 34 heavy (non-hydrogen) atoms. The summed E-state index contributed by atoms with van der Waals surface area (Å²) in [7, 11) is 3.35. The van der Waals surface area contributed by atoms with Gasteiger partial charge in [-0.1, -0.05) is 38.1 Å². The van der Waals surface area contributed by atoms with Crippen LogP contribution in [-0.4, -0.2) is 42.6 Å². The topological polar surface area (TPSA) is 63.7 Å². The van der Waals surface area contributed by atoms with Crippen molar-refractivity contribution in [3.05, 3.63) is 60.3 Å². The van der Waals surface area contributed by atoms with Gasteiger partial charge in [0.15, 0.2) is 0 Å². The highest BCUT2D eigenvalue weighted by Gasteiger charge is 2.18. The van der Waals surface area contributed by atoms with Gasteiger partial charge in [0.25, 0.3) is 0 Å². The van der Waals surface area contributed by atoms with Crippen LogP contribution in [0.5, 0.6) is 11.5 Å². The van der Waals surface area contributed by atoms with Gasteiger partial charge in [-0.15, -0.1) is 0 Å². The fourth-order valence-electron chi connectivity index (χ4n) is 4.13. The number of anilines is 1. The first kappa shape index (κ1) is 25.3. The molecule has 1 unspecified atom stereocenters. The molecule has 1 atom stereocenters. The first-order valence-corrected chi connectivity index (χ1v) is 12.0. The molecule has 2 aromatic carbocycles. The van der Waals surface area contributed by atoms with E-state index in [1.165, 1.54) is 0 Å². The Morgan fingerprint density at radius 2 is 1.85 bits per heavy atom. The van der Waals surface area contributed by atoms with Crippen LogP contribution >= 0.6 is 0 Å². The van der Waals surface area contributed by atoms with Crippen LogP contribution in [0.25, 0.3) is 10.9 Å². The lowest BCUT2D eigenvalue weighted by molar-refractivity contribution is -0.132. The van der Waals surface area contributed by atoms with Crippen molar-refractivity contribution in [1.29, 1.82) is 0 Å². The molecule has 0 saturated carbocycles. The number of pyridine rings is 1. The number of fused-ring (bicyclic) bond motifs is 1. The fourth-order valence-corrected chi connectivity index (χ4v) is 4.13. The van der Waals surface area contributed by atoms with Crippen molar-refractivity contribution in [1.82, 2.24) is 9.88 Å². The summed E-state index contributed by atoms with van der Waals surface area (Å²) in [4.78, 5) is 19.5. The molecule has 3 rings (SSSR count). The Morgan fingerprint density at radius 1 is 1.06 bits per heavy atom. The van der Waals surface area contributed by atoms with Crippen LogP contribution in [0.3, 0.4) is 0 Å². The van der Waals surface area contributed by atoms with Crippen molar-refractivity contribution < 1.29 is 14.3 Å². The van der Waals surface area contributed by atoms with Gasteiger partial charge in [-0.2, -0.15) is 0 Å². The predicted molar refractivity (Wildman–Crippen MR) is 138 cm³/mol. The molecule has 6 heteroatoms. The van der Waals surface area contributed by atoms with E-state index >= 15 is 0 Å². The van der Waals surface area contributed by atoms with E-state index in [4.69, 9.17) is 9.47 Å². The summed E-state index contributed by atoms with van der Waals surface area (Å²) in [6.07, 6.45) is 4.16. The standard InChI is InChI=1S/C28H37N3O3/c1-20(2)16-27(32)31(19-23-11-6-7-13-26(23)34-5)15-9-10-21(3)30-25-18-24(33-4)17-22-12-8-14-29-28(22)25/h6-8,11-14,17-18,20-21,30H,9-10,15-16,19H2,1-5H3. The van der Waals surface area contributed by atoms with Crippen LogP contribution in [0.1, 0.15) is 45.6 Å². The maximum atomic E-state index is 13.0. The average molecular weight is 464 g/mol. The number of hydrogen-bond donors (Lipinski definition) is 1. The van der Waals surface area contributed by atoms with Crippen molar-refractivity contribution in [3.63, 3.8) is 0 Å². The minimum atomic E-state index is 0.185. The van der Waals surface area contributed by atoms with Gasteiger partial charge >= 0.3 is 0 Å². The first-order valence-electron chi connectivity index (χ1n) is 12.0. The van der Waals surface area contributed by atoms with E-state index in [9.17, 15) is 4.79 Å². The number of hydrogen-bond acceptors (Lipinski definition) is 5. The molecule has 0 aliphatic heterocycles. The molecule has 0 bridgehead atoms. The molecule has 1 N–H and O–H groups in total. The van der Waals surface area contributed by atoms with Gasteiger partial charge in [-0.05, 0) is 43.9 Å². The molecule has 1 heterocycles. The number of nitrogens with one attached hydrogen (secondary N) is 1. The van der Waals surface area contributed by atoms with Gasteiger partial charge in [-0.25, -0.2) is 0 Å². The van der Waals surface area contributed by atoms with Crippen molar-refractivity contribution in [2.45, 2.75) is 52.6 Å². The number of ether oxygens (including phenoxy) is 2. The molecule has 0 aliphatic rings. The Morgan fingerprint density at radius 3 is 2.59 bits per heavy atom. The average Bonchev–Trinajstić information content (AvgIpc) is 2.83. The summed E-state index contributed by atoms with van der Waals surface area (Å²) in [5, 5.41) is 4.64. The van der Waals surface area contributed by atoms with Crippen LogP contribution in [0.2, 0.25) is 0 Å². The van der Waals surface area contributed by atoms with Crippen LogP contribution in [-0.2, 0) is 11.3 Å². The van der Waals surface area contributed by atoms with Crippen molar-refractivity contribution in [3.8, 4) is 11.5 Å². The number of para-hydroxylation sites is 1. The minimum absolute atomic E-state index is 0.185. The van der Waals surface area contributed by atoms with Gasteiger partial charge < -0.3 is 19.7 Å². The Kier molecular flexibility index (Phi) is 9.14. The first-order chi connectivity index (χ1) is 16.4. The molecular formula is C28H37N3O3. The van der Waals surface area contributed by atoms with E-state index < -0.39 is 0 Å². The molecule has 3 aromatic rings. The third-order valence-corrected chi connectivity index (χ3v) is 5.87. The summed E-state index contributed by atoms with van der Waals surface area (Å²) in [5.74, 6) is 2.13. The molecular weight excluding hydrogens is 426 g/mol. The zero-order valence-electron chi connectivity index (χ0n) is 21.0. The zero-order chi connectivity index (χ0) is 24.5. The van der Waals surface area contributed by atoms with Crippen molar-refractivity contribution in [2.24, 2.45) is 5.92 Å². The number of carbonyl (C=O) groups is 1. The lowest BCUT2D eigenvalue weighted by atomic mass is 10.1. The van der Waals surface area contributed by atoms with Crippen LogP contribution in [0.15, 0.2) is 54.7 Å². The fraction of sp³-hybridized carbons (Fsp3) is 0.429. The number of rotatable bonds is 12. The Bertz CT molecular complexity index is 1080. The lowest BCUT2D eigenvalue weighted by Gasteiger charge is -2.26. The molecule has 1 aromatic heterocycles. The van der Waals surface area contributed by atoms with Crippen molar-refractivity contribution in [2.75, 3.05) is 26.1 Å². The molecule has 0 aliphatic carbocycles. The summed E-state index contributed by atoms with van der Waals surface area (Å²) < 4.78 is 11.0. The van der Waals surface area contributed by atoms with Crippen LogP contribution in [0, 0.1) is 5.92 Å². The van der Waals surface area contributed by atoms with E-state index in [0.29, 0.717) is 25.4 Å². The highest BCUT2D eigenvalue weighted by molar-refractivity contribution is 5.91. The second kappa shape index (κ2) is 12.3. The SMILES string of the molecule is COc1cc(NC(C)CCCN(Cc2ccccc2OC)C(=O)CC(C)C)c2ncccc2c1. The van der Waals surface area contributed by atoms with E-state index in [0.717, 1.165) is 46.5 Å². The normalized spacial score (nSPS) is 11.9. The van der Waals surface area contributed by atoms with Gasteiger partial charge in [-0.3, -0.25) is 9.78 Å². The number of benzene rings is 2. The number of carbonyl (C=O) groups excluding carboxylic acids is 1. The monoisotopic (exact) mass is 463 g/mol. The van der Waals surface area contributed by atoms with Crippen molar-refractivity contribution >= 4 is 22.5 Å². The summed E-state index contributed by atoms with van der Waals surface area (Å²) in [5.41, 5.74) is 2.92. The van der Waals surface area contributed by atoms with Crippen LogP contribution in [0.4, 0.5) is 5.69 Å². The predicted octanol–water partition coefficient (Wildman–Crippen LogP) is 5.91. The largest absolute Gasteiger partial charge is 0.497 e. The highest BCUT2D eigenvalue weighted by atomic mass is 16.5.